The zero-order chi connectivity index (χ0) is 20.9. The molecule has 0 saturated carbocycles. The summed E-state index contributed by atoms with van der Waals surface area (Å²) in [6.45, 7) is 3.54. The molecule has 1 aromatic heterocycles. The zero-order valence-electron chi connectivity index (χ0n) is 17.2. The summed E-state index contributed by atoms with van der Waals surface area (Å²) in [5.74, 6) is 1.26. The van der Waals surface area contributed by atoms with Gasteiger partial charge in [0.15, 0.2) is 0 Å². The van der Waals surface area contributed by atoms with Gasteiger partial charge in [0.05, 0.1) is 5.92 Å². The van der Waals surface area contributed by atoms with Crippen LogP contribution in [0.5, 0.6) is 0 Å². The van der Waals surface area contributed by atoms with Crippen LogP contribution in [0.15, 0.2) is 53.1 Å². The molecule has 0 spiro atoms. The first-order valence-electron chi connectivity index (χ1n) is 10.6. The van der Waals surface area contributed by atoms with Crippen LogP contribution in [0.4, 0.5) is 0 Å². The van der Waals surface area contributed by atoms with Gasteiger partial charge >= 0.3 is 0 Å². The van der Waals surface area contributed by atoms with E-state index in [2.05, 4.69) is 29.2 Å². The summed E-state index contributed by atoms with van der Waals surface area (Å²) in [6, 6.07) is 15.4. The topological polar surface area (TPSA) is 59.2 Å². The normalized spacial score (nSPS) is 16.6. The molecule has 5 nitrogen and oxygen atoms in total. The molecule has 2 heterocycles. The molecule has 1 amide bonds. The lowest BCUT2D eigenvalue weighted by molar-refractivity contribution is 0.0695. The molecule has 156 valence electrons. The SMILES string of the molecule is CCCCc1ccc(C(=O)N2CCCC(c3nc(-c4ccc(Cl)cc4)no3)C2)cc1. The van der Waals surface area contributed by atoms with Crippen LogP contribution in [-0.4, -0.2) is 34.0 Å². The number of amides is 1. The molecule has 4 rings (SSSR count). The monoisotopic (exact) mass is 423 g/mol. The van der Waals surface area contributed by atoms with E-state index in [1.807, 2.05) is 41.3 Å². The number of nitrogens with zero attached hydrogens (tertiary/aromatic N) is 3. The van der Waals surface area contributed by atoms with Gasteiger partial charge in [-0.3, -0.25) is 4.79 Å². The van der Waals surface area contributed by atoms with E-state index in [9.17, 15) is 4.79 Å². The molecule has 6 heteroatoms. The van der Waals surface area contributed by atoms with Gasteiger partial charge < -0.3 is 9.42 Å². The average Bonchev–Trinajstić information content (AvgIpc) is 3.28. The van der Waals surface area contributed by atoms with Crippen molar-refractivity contribution in [3.8, 4) is 11.4 Å². The van der Waals surface area contributed by atoms with Crippen molar-refractivity contribution in [3.05, 3.63) is 70.6 Å². The molecule has 2 aromatic carbocycles. The van der Waals surface area contributed by atoms with Crippen LogP contribution in [0.25, 0.3) is 11.4 Å². The molecule has 1 atom stereocenters. The highest BCUT2D eigenvalue weighted by atomic mass is 35.5. The molecule has 1 aliphatic rings. The van der Waals surface area contributed by atoms with Crippen LogP contribution < -0.4 is 0 Å². The Kier molecular flexibility index (Phi) is 6.48. The Hall–Kier alpha value is -2.66. The first-order chi connectivity index (χ1) is 14.6. The number of likely N-dealkylation sites (tertiary alicyclic amines) is 1. The lowest BCUT2D eigenvalue weighted by atomic mass is 9.97. The van der Waals surface area contributed by atoms with E-state index >= 15 is 0 Å². The summed E-state index contributed by atoms with van der Waals surface area (Å²) in [5, 5.41) is 4.79. The maximum Gasteiger partial charge on any atom is 0.253 e. The second-order valence-electron chi connectivity index (χ2n) is 7.85. The van der Waals surface area contributed by atoms with Gasteiger partial charge in [0.1, 0.15) is 0 Å². The summed E-state index contributed by atoms with van der Waals surface area (Å²) in [5.41, 5.74) is 2.88. The van der Waals surface area contributed by atoms with Gasteiger partial charge in [-0.2, -0.15) is 4.98 Å². The van der Waals surface area contributed by atoms with Crippen molar-refractivity contribution in [2.75, 3.05) is 13.1 Å². The Morgan fingerprint density at radius 2 is 1.93 bits per heavy atom. The zero-order valence-corrected chi connectivity index (χ0v) is 17.9. The second kappa shape index (κ2) is 9.43. The predicted octanol–water partition coefficient (Wildman–Crippen LogP) is 5.75. The highest BCUT2D eigenvalue weighted by Crippen LogP contribution is 2.28. The molecular weight excluding hydrogens is 398 g/mol. The van der Waals surface area contributed by atoms with Crippen molar-refractivity contribution < 1.29 is 9.32 Å². The van der Waals surface area contributed by atoms with E-state index in [4.69, 9.17) is 16.1 Å². The summed E-state index contributed by atoms with van der Waals surface area (Å²) in [7, 11) is 0. The van der Waals surface area contributed by atoms with Gasteiger partial charge in [0, 0.05) is 29.2 Å². The van der Waals surface area contributed by atoms with E-state index in [1.54, 1.807) is 0 Å². The van der Waals surface area contributed by atoms with E-state index in [0.29, 0.717) is 23.3 Å². The Bertz CT molecular complexity index is 982. The molecular formula is C24H26ClN3O2. The Labute approximate surface area is 182 Å². The van der Waals surface area contributed by atoms with Gasteiger partial charge in [0.2, 0.25) is 11.7 Å². The number of rotatable bonds is 6. The minimum Gasteiger partial charge on any atom is -0.339 e. The first kappa shape index (κ1) is 20.6. The maximum absolute atomic E-state index is 13.0. The standard InChI is InChI=1S/C24H26ClN3O2/c1-2-3-5-17-7-9-19(10-8-17)24(29)28-15-4-6-20(16-28)23-26-22(27-30-23)18-11-13-21(25)14-12-18/h7-14,20H,2-6,15-16H2,1H3. The summed E-state index contributed by atoms with van der Waals surface area (Å²) >= 11 is 5.95. The second-order valence-corrected chi connectivity index (χ2v) is 8.29. The third-order valence-corrected chi connectivity index (χ3v) is 5.87. The molecule has 0 aliphatic carbocycles. The molecule has 1 saturated heterocycles. The Morgan fingerprint density at radius 1 is 1.17 bits per heavy atom. The maximum atomic E-state index is 13.0. The van der Waals surface area contributed by atoms with Crippen LogP contribution in [0.3, 0.4) is 0 Å². The van der Waals surface area contributed by atoms with Gasteiger partial charge in [-0.15, -0.1) is 0 Å². The first-order valence-corrected chi connectivity index (χ1v) is 11.0. The number of halogens is 1. The number of benzene rings is 2. The molecule has 1 fully saturated rings. The number of aryl methyl sites for hydroxylation is 1. The summed E-state index contributed by atoms with van der Waals surface area (Å²) in [4.78, 5) is 19.5. The largest absolute Gasteiger partial charge is 0.339 e. The molecule has 0 radical (unpaired) electrons. The number of aromatic nitrogens is 2. The lowest BCUT2D eigenvalue weighted by Gasteiger charge is -2.31. The quantitative estimate of drug-likeness (QED) is 0.506. The number of hydrogen-bond donors (Lipinski definition) is 0. The number of carbonyl (C=O) groups excluding carboxylic acids is 1. The van der Waals surface area contributed by atoms with Crippen LogP contribution in [0.2, 0.25) is 5.02 Å². The van der Waals surface area contributed by atoms with E-state index < -0.39 is 0 Å². The molecule has 30 heavy (non-hydrogen) atoms. The highest BCUT2D eigenvalue weighted by molar-refractivity contribution is 6.30. The molecule has 0 N–H and O–H groups in total. The van der Waals surface area contributed by atoms with Crippen molar-refractivity contribution in [1.82, 2.24) is 15.0 Å². The fraction of sp³-hybridized carbons (Fsp3) is 0.375. The van der Waals surface area contributed by atoms with Gasteiger partial charge in [0.25, 0.3) is 5.91 Å². The minimum atomic E-state index is 0.0556. The molecule has 3 aromatic rings. The number of piperidine rings is 1. The van der Waals surface area contributed by atoms with Crippen molar-refractivity contribution in [1.29, 1.82) is 0 Å². The van der Waals surface area contributed by atoms with Crippen LogP contribution in [0, 0.1) is 0 Å². The highest BCUT2D eigenvalue weighted by Gasteiger charge is 2.29. The third kappa shape index (κ3) is 4.73. The van der Waals surface area contributed by atoms with Crippen molar-refractivity contribution in [3.63, 3.8) is 0 Å². The molecule has 0 bridgehead atoms. The van der Waals surface area contributed by atoms with E-state index in [0.717, 1.165) is 36.9 Å². The van der Waals surface area contributed by atoms with Crippen LogP contribution in [0.1, 0.15) is 60.3 Å². The summed E-state index contributed by atoms with van der Waals surface area (Å²) in [6.07, 6.45) is 5.25. The van der Waals surface area contributed by atoms with Gasteiger partial charge in [-0.25, -0.2) is 0 Å². The van der Waals surface area contributed by atoms with Gasteiger partial charge in [-0.1, -0.05) is 42.2 Å². The van der Waals surface area contributed by atoms with Crippen molar-refractivity contribution in [2.24, 2.45) is 0 Å². The lowest BCUT2D eigenvalue weighted by Crippen LogP contribution is -2.39. The number of unbranched alkanes of at least 4 members (excludes halogenated alkanes) is 1. The average molecular weight is 424 g/mol. The van der Waals surface area contributed by atoms with Crippen molar-refractivity contribution >= 4 is 17.5 Å². The summed E-state index contributed by atoms with van der Waals surface area (Å²) < 4.78 is 5.54. The predicted molar refractivity (Wildman–Crippen MR) is 118 cm³/mol. The van der Waals surface area contributed by atoms with Crippen LogP contribution >= 0.6 is 11.6 Å². The Balaban J connectivity index is 1.43. The fourth-order valence-corrected chi connectivity index (χ4v) is 3.98. The number of carbonyl (C=O) groups is 1. The van der Waals surface area contributed by atoms with Gasteiger partial charge in [-0.05, 0) is 67.6 Å². The van der Waals surface area contributed by atoms with Crippen molar-refractivity contribution in [2.45, 2.75) is 44.9 Å². The van der Waals surface area contributed by atoms with E-state index in [1.165, 1.54) is 18.4 Å². The van der Waals surface area contributed by atoms with Crippen LogP contribution in [-0.2, 0) is 6.42 Å². The smallest absolute Gasteiger partial charge is 0.253 e. The van der Waals surface area contributed by atoms with E-state index in [-0.39, 0.29) is 11.8 Å². The molecule has 1 unspecified atom stereocenters. The minimum absolute atomic E-state index is 0.0556. The number of hydrogen-bond acceptors (Lipinski definition) is 4. The molecule has 1 aliphatic heterocycles. The fourth-order valence-electron chi connectivity index (χ4n) is 3.86. The Morgan fingerprint density at radius 3 is 2.67 bits per heavy atom. The third-order valence-electron chi connectivity index (χ3n) is 5.62.